The normalized spacial score (nSPS) is 24.0. The second-order valence-corrected chi connectivity index (χ2v) is 7.44. The van der Waals surface area contributed by atoms with Crippen molar-refractivity contribution in [3.63, 3.8) is 0 Å². The Balaban J connectivity index is 1.68. The van der Waals surface area contributed by atoms with Crippen LogP contribution in [0, 0.1) is 5.41 Å². The fraction of sp³-hybridized carbons (Fsp3) is 0.556. The molecular weight excluding hydrogens is 292 g/mol. The van der Waals surface area contributed by atoms with Crippen molar-refractivity contribution in [1.82, 2.24) is 10.6 Å². The van der Waals surface area contributed by atoms with Crippen molar-refractivity contribution in [2.45, 2.75) is 44.7 Å². The van der Waals surface area contributed by atoms with Gasteiger partial charge in [0.15, 0.2) is 0 Å². The summed E-state index contributed by atoms with van der Waals surface area (Å²) >= 11 is 0. The van der Waals surface area contributed by atoms with Crippen molar-refractivity contribution < 1.29 is 14.3 Å². The van der Waals surface area contributed by atoms with Gasteiger partial charge in [0.2, 0.25) is 5.91 Å². The zero-order valence-corrected chi connectivity index (χ0v) is 13.9. The standard InChI is InChI=1S/C18H24N2O3/c1-17(2)10-14(19-11-17)15(21)20-18(8-9-18)13-6-4-12(5-7-13)16(22)23-3/h4-7,14,19H,8-11H2,1-3H3,(H,20,21). The monoisotopic (exact) mass is 316 g/mol. The van der Waals surface area contributed by atoms with Gasteiger partial charge in [-0.05, 0) is 42.4 Å². The van der Waals surface area contributed by atoms with E-state index in [0.717, 1.165) is 31.4 Å². The summed E-state index contributed by atoms with van der Waals surface area (Å²) in [6.45, 7) is 5.21. The number of carbonyl (C=O) groups excluding carboxylic acids is 2. The number of nitrogens with one attached hydrogen (secondary N) is 2. The Labute approximate surface area is 136 Å². The van der Waals surface area contributed by atoms with Crippen LogP contribution >= 0.6 is 0 Å². The maximum atomic E-state index is 12.5. The smallest absolute Gasteiger partial charge is 0.337 e. The molecule has 0 aromatic heterocycles. The maximum Gasteiger partial charge on any atom is 0.337 e. The molecule has 0 bridgehead atoms. The fourth-order valence-electron chi connectivity index (χ4n) is 3.26. The number of esters is 1. The summed E-state index contributed by atoms with van der Waals surface area (Å²) in [5, 5.41) is 6.52. The molecule has 2 N–H and O–H groups in total. The summed E-state index contributed by atoms with van der Waals surface area (Å²) in [5.41, 5.74) is 1.48. The van der Waals surface area contributed by atoms with Gasteiger partial charge in [-0.3, -0.25) is 4.79 Å². The van der Waals surface area contributed by atoms with E-state index in [1.54, 1.807) is 12.1 Å². The summed E-state index contributed by atoms with van der Waals surface area (Å²) in [7, 11) is 1.37. The lowest BCUT2D eigenvalue weighted by Gasteiger charge is -2.21. The second kappa shape index (κ2) is 5.64. The molecule has 0 radical (unpaired) electrons. The lowest BCUT2D eigenvalue weighted by Crippen LogP contribution is -2.45. The molecule has 2 aliphatic rings. The van der Waals surface area contributed by atoms with E-state index in [1.807, 2.05) is 12.1 Å². The highest BCUT2D eigenvalue weighted by molar-refractivity contribution is 5.89. The minimum atomic E-state index is -0.345. The molecule has 1 amide bonds. The SMILES string of the molecule is COC(=O)c1ccc(C2(NC(=O)C3CC(C)(C)CN3)CC2)cc1. The number of ether oxygens (including phenoxy) is 1. The van der Waals surface area contributed by atoms with E-state index >= 15 is 0 Å². The van der Waals surface area contributed by atoms with Crippen molar-refractivity contribution in [3.8, 4) is 0 Å². The zero-order chi connectivity index (χ0) is 16.7. The average Bonchev–Trinajstić information content (AvgIpc) is 3.22. The van der Waals surface area contributed by atoms with Crippen LogP contribution in [0.25, 0.3) is 0 Å². The van der Waals surface area contributed by atoms with E-state index in [9.17, 15) is 9.59 Å². The molecule has 1 aromatic rings. The average molecular weight is 316 g/mol. The summed E-state index contributed by atoms with van der Waals surface area (Å²) < 4.78 is 4.71. The first-order valence-electron chi connectivity index (χ1n) is 8.10. The first-order valence-corrected chi connectivity index (χ1v) is 8.10. The highest BCUT2D eigenvalue weighted by Crippen LogP contribution is 2.45. The van der Waals surface area contributed by atoms with E-state index in [4.69, 9.17) is 4.74 Å². The van der Waals surface area contributed by atoms with Crippen LogP contribution in [0.5, 0.6) is 0 Å². The molecule has 1 heterocycles. The molecule has 1 aliphatic heterocycles. The molecule has 5 heteroatoms. The van der Waals surface area contributed by atoms with Crippen LogP contribution in [0.1, 0.15) is 49.0 Å². The van der Waals surface area contributed by atoms with Crippen LogP contribution in [-0.4, -0.2) is 31.6 Å². The molecule has 23 heavy (non-hydrogen) atoms. The Morgan fingerprint density at radius 3 is 2.35 bits per heavy atom. The quantitative estimate of drug-likeness (QED) is 0.834. The number of hydrogen-bond acceptors (Lipinski definition) is 4. The molecule has 2 fully saturated rings. The summed E-state index contributed by atoms with van der Waals surface area (Å²) in [6.07, 6.45) is 2.73. The predicted octanol–water partition coefficient (Wildman–Crippen LogP) is 1.97. The van der Waals surface area contributed by atoms with Gasteiger partial charge < -0.3 is 15.4 Å². The van der Waals surface area contributed by atoms with Gasteiger partial charge in [-0.15, -0.1) is 0 Å². The van der Waals surface area contributed by atoms with E-state index < -0.39 is 0 Å². The molecule has 1 aliphatic carbocycles. The van der Waals surface area contributed by atoms with E-state index in [-0.39, 0.29) is 28.9 Å². The second-order valence-electron chi connectivity index (χ2n) is 7.44. The Hall–Kier alpha value is -1.88. The molecule has 1 saturated carbocycles. The minimum absolute atomic E-state index is 0.0742. The van der Waals surface area contributed by atoms with Crippen LogP contribution < -0.4 is 10.6 Å². The number of rotatable bonds is 4. The van der Waals surface area contributed by atoms with Crippen LogP contribution in [0.3, 0.4) is 0 Å². The largest absolute Gasteiger partial charge is 0.465 e. The van der Waals surface area contributed by atoms with Gasteiger partial charge in [-0.1, -0.05) is 26.0 Å². The molecule has 5 nitrogen and oxygen atoms in total. The van der Waals surface area contributed by atoms with Gasteiger partial charge in [0.1, 0.15) is 0 Å². The number of hydrogen-bond donors (Lipinski definition) is 2. The van der Waals surface area contributed by atoms with Gasteiger partial charge in [-0.25, -0.2) is 4.79 Å². The van der Waals surface area contributed by atoms with Crippen molar-refractivity contribution in [1.29, 1.82) is 0 Å². The highest BCUT2D eigenvalue weighted by Gasteiger charge is 2.47. The Morgan fingerprint density at radius 1 is 1.22 bits per heavy atom. The fourth-order valence-corrected chi connectivity index (χ4v) is 3.26. The number of carbonyl (C=O) groups is 2. The highest BCUT2D eigenvalue weighted by atomic mass is 16.5. The Kier molecular flexibility index (Phi) is 3.92. The van der Waals surface area contributed by atoms with Crippen LogP contribution in [0.15, 0.2) is 24.3 Å². The van der Waals surface area contributed by atoms with Crippen molar-refractivity contribution in [2.24, 2.45) is 5.41 Å². The lowest BCUT2D eigenvalue weighted by molar-refractivity contribution is -0.124. The van der Waals surface area contributed by atoms with Gasteiger partial charge >= 0.3 is 5.97 Å². The number of methoxy groups -OCH3 is 1. The van der Waals surface area contributed by atoms with Gasteiger partial charge in [-0.2, -0.15) is 0 Å². The van der Waals surface area contributed by atoms with Crippen molar-refractivity contribution >= 4 is 11.9 Å². The molecule has 1 unspecified atom stereocenters. The third-order valence-electron chi connectivity index (χ3n) is 4.87. The summed E-state index contributed by atoms with van der Waals surface area (Å²) in [6, 6.07) is 7.21. The van der Waals surface area contributed by atoms with Gasteiger partial charge in [0.05, 0.1) is 24.3 Å². The molecule has 0 spiro atoms. The molecule has 3 rings (SSSR count). The first-order chi connectivity index (χ1) is 10.9. The minimum Gasteiger partial charge on any atom is -0.465 e. The number of amides is 1. The Bertz CT molecular complexity index is 618. The molecular formula is C18H24N2O3. The summed E-state index contributed by atoms with van der Waals surface area (Å²) in [4.78, 5) is 24.0. The topological polar surface area (TPSA) is 67.4 Å². The van der Waals surface area contributed by atoms with E-state index in [2.05, 4.69) is 24.5 Å². The Morgan fingerprint density at radius 2 is 1.87 bits per heavy atom. The van der Waals surface area contributed by atoms with E-state index in [0.29, 0.717) is 5.56 Å². The van der Waals surface area contributed by atoms with E-state index in [1.165, 1.54) is 7.11 Å². The number of benzene rings is 1. The van der Waals surface area contributed by atoms with Gasteiger partial charge in [0, 0.05) is 6.54 Å². The van der Waals surface area contributed by atoms with Crippen molar-refractivity contribution in [2.75, 3.05) is 13.7 Å². The third kappa shape index (κ3) is 3.24. The van der Waals surface area contributed by atoms with Crippen LogP contribution in [0.4, 0.5) is 0 Å². The molecule has 1 aromatic carbocycles. The maximum absolute atomic E-state index is 12.5. The van der Waals surface area contributed by atoms with Crippen LogP contribution in [-0.2, 0) is 15.1 Å². The molecule has 1 atom stereocenters. The van der Waals surface area contributed by atoms with Crippen LogP contribution in [0.2, 0.25) is 0 Å². The summed E-state index contributed by atoms with van der Waals surface area (Å²) in [5.74, 6) is -0.270. The first kappa shape index (κ1) is 16.0. The molecule has 124 valence electrons. The van der Waals surface area contributed by atoms with Crippen molar-refractivity contribution in [3.05, 3.63) is 35.4 Å². The van der Waals surface area contributed by atoms with Gasteiger partial charge in [0.25, 0.3) is 0 Å². The predicted molar refractivity (Wildman–Crippen MR) is 87.0 cm³/mol. The third-order valence-corrected chi connectivity index (χ3v) is 4.87. The molecule has 1 saturated heterocycles. The lowest BCUT2D eigenvalue weighted by atomic mass is 9.90. The zero-order valence-electron chi connectivity index (χ0n) is 13.9.